The van der Waals surface area contributed by atoms with Gasteiger partial charge in [-0.3, -0.25) is 14.3 Å². The van der Waals surface area contributed by atoms with Crippen molar-refractivity contribution in [2.24, 2.45) is 0 Å². The van der Waals surface area contributed by atoms with Gasteiger partial charge in [0.25, 0.3) is 0 Å². The molecule has 0 amide bonds. The summed E-state index contributed by atoms with van der Waals surface area (Å²) >= 11 is 0. The van der Waals surface area contributed by atoms with Crippen LogP contribution in [0, 0.1) is 24.1 Å². The minimum absolute atomic E-state index is 0.114. The predicted molar refractivity (Wildman–Crippen MR) is 139 cm³/mol. The number of hydrogen-bond donors (Lipinski definition) is 1. The van der Waals surface area contributed by atoms with Gasteiger partial charge in [-0.15, -0.1) is 10.2 Å². The van der Waals surface area contributed by atoms with Gasteiger partial charge in [0.15, 0.2) is 5.82 Å². The molecular formula is C26H25FN6O4S. The molecule has 0 aliphatic heterocycles. The molecule has 196 valence electrons. The third kappa shape index (κ3) is 5.28. The normalized spacial score (nSPS) is 12.0. The number of methoxy groups -OCH3 is 2. The summed E-state index contributed by atoms with van der Waals surface area (Å²) in [5.41, 5.74) is 2.15. The van der Waals surface area contributed by atoms with Crippen LogP contribution in [0.2, 0.25) is 0 Å². The first-order valence-electron chi connectivity index (χ1n) is 11.5. The smallest absolute Gasteiger partial charge is 0.243 e. The second-order valence-electron chi connectivity index (χ2n) is 8.52. The van der Waals surface area contributed by atoms with Gasteiger partial charge in [-0.05, 0) is 61.7 Å². The van der Waals surface area contributed by atoms with Crippen LogP contribution in [0.15, 0.2) is 54.9 Å². The molecule has 4 aromatic rings. The van der Waals surface area contributed by atoms with Gasteiger partial charge in [-0.2, -0.15) is 5.26 Å². The fourth-order valence-electron chi connectivity index (χ4n) is 3.91. The molecule has 0 spiro atoms. The molecule has 1 N–H and O–H groups in total. The second-order valence-corrected chi connectivity index (χ2v) is 10.6. The number of anilines is 1. The zero-order chi connectivity index (χ0) is 27.4. The maximum atomic E-state index is 14.5. The first-order chi connectivity index (χ1) is 18.2. The lowest BCUT2D eigenvalue weighted by Gasteiger charge is -2.19. The van der Waals surface area contributed by atoms with Crippen molar-refractivity contribution in [2.45, 2.75) is 25.5 Å². The van der Waals surface area contributed by atoms with E-state index in [2.05, 4.69) is 19.9 Å². The van der Waals surface area contributed by atoms with E-state index in [0.29, 0.717) is 28.6 Å². The first-order valence-corrected chi connectivity index (χ1v) is 13.0. The summed E-state index contributed by atoms with van der Waals surface area (Å²) < 4.78 is 56.3. The average molecular weight is 537 g/mol. The van der Waals surface area contributed by atoms with E-state index in [1.54, 1.807) is 30.6 Å². The molecule has 38 heavy (non-hydrogen) atoms. The summed E-state index contributed by atoms with van der Waals surface area (Å²) in [7, 11) is -1.13. The van der Waals surface area contributed by atoms with Crippen LogP contribution in [-0.4, -0.2) is 47.6 Å². The summed E-state index contributed by atoms with van der Waals surface area (Å²) in [6, 6.07) is 12.8. The Bertz CT molecular complexity index is 1610. The molecule has 0 aliphatic rings. The van der Waals surface area contributed by atoms with Crippen molar-refractivity contribution in [3.63, 3.8) is 0 Å². The highest BCUT2D eigenvalue weighted by atomic mass is 32.2. The van der Waals surface area contributed by atoms with Gasteiger partial charge < -0.3 is 9.47 Å². The van der Waals surface area contributed by atoms with Crippen molar-refractivity contribution in [3.05, 3.63) is 77.4 Å². The number of nitrogens with one attached hydrogen (secondary N) is 1. The van der Waals surface area contributed by atoms with Crippen molar-refractivity contribution in [3.8, 4) is 34.6 Å². The topological polar surface area (TPSA) is 132 Å². The summed E-state index contributed by atoms with van der Waals surface area (Å²) in [5, 5.41) is 16.3. The van der Waals surface area contributed by atoms with E-state index < -0.39 is 21.1 Å². The highest BCUT2D eigenvalue weighted by molar-refractivity contribution is 7.93. The largest absolute Gasteiger partial charge is 0.494 e. The highest BCUT2D eigenvalue weighted by Gasteiger charge is 2.28. The Kier molecular flexibility index (Phi) is 7.59. The van der Waals surface area contributed by atoms with Crippen LogP contribution in [0.3, 0.4) is 0 Å². The van der Waals surface area contributed by atoms with Crippen LogP contribution in [0.25, 0.3) is 17.1 Å². The number of sulfonamides is 1. The van der Waals surface area contributed by atoms with E-state index in [1.807, 2.05) is 19.1 Å². The van der Waals surface area contributed by atoms with Crippen molar-refractivity contribution in [2.75, 3.05) is 18.9 Å². The number of aromatic nitrogens is 4. The van der Waals surface area contributed by atoms with Crippen molar-refractivity contribution >= 4 is 16.0 Å². The van der Waals surface area contributed by atoms with Crippen molar-refractivity contribution < 1.29 is 22.3 Å². The third-order valence-corrected chi connectivity index (χ3v) is 7.57. The van der Waals surface area contributed by atoms with Crippen LogP contribution in [0.1, 0.15) is 23.6 Å². The Labute approximate surface area is 219 Å². The fraction of sp³-hybridized carbons (Fsp3) is 0.231. The molecule has 0 unspecified atom stereocenters. The maximum absolute atomic E-state index is 14.5. The predicted octanol–water partition coefficient (Wildman–Crippen LogP) is 4.04. The van der Waals surface area contributed by atoms with Gasteiger partial charge in [-0.25, -0.2) is 12.8 Å². The lowest BCUT2D eigenvalue weighted by Crippen LogP contribution is -2.29. The Balaban J connectivity index is 1.80. The van der Waals surface area contributed by atoms with Gasteiger partial charge in [0.2, 0.25) is 16.0 Å². The molecule has 4 rings (SSSR count). The zero-order valence-electron chi connectivity index (χ0n) is 21.1. The Hall–Kier alpha value is -4.50. The number of benzene rings is 2. The number of para-hydroxylation sites is 1. The van der Waals surface area contributed by atoms with Crippen LogP contribution in [0.5, 0.6) is 11.5 Å². The molecule has 2 heterocycles. The number of nitriles is 1. The molecule has 0 radical (unpaired) electrons. The summed E-state index contributed by atoms with van der Waals surface area (Å²) in [6.07, 6.45) is 3.14. The van der Waals surface area contributed by atoms with Gasteiger partial charge >= 0.3 is 0 Å². The zero-order valence-corrected chi connectivity index (χ0v) is 22.0. The Morgan fingerprint density at radius 3 is 2.42 bits per heavy atom. The Morgan fingerprint density at radius 2 is 1.82 bits per heavy atom. The molecule has 2 aromatic carbocycles. The summed E-state index contributed by atoms with van der Waals surface area (Å²) in [5.74, 6) is 0.310. The highest BCUT2D eigenvalue weighted by Crippen LogP contribution is 2.37. The number of pyridine rings is 1. The molecule has 0 aliphatic carbocycles. The number of aryl methyl sites for hydroxylation is 1. The molecule has 0 saturated carbocycles. The van der Waals surface area contributed by atoms with Gasteiger partial charge in [0, 0.05) is 18.0 Å². The second kappa shape index (κ2) is 10.9. The first kappa shape index (κ1) is 26.6. The van der Waals surface area contributed by atoms with E-state index in [0.717, 1.165) is 11.6 Å². The standard InChI is InChI=1S/C26H25FN6O4S/c1-16-10-20(15-29-14-16)25-30-31-26(33(25)24-22(36-3)6-5-7-23(24)37-4)32-38(34,35)17(2)11-19-9-8-18(13-28)12-21(19)27/h5-10,12,14-15,17H,11H2,1-4H3,(H,31,32)/t17-/m1/s1. The number of halogens is 1. The van der Waals surface area contributed by atoms with Crippen LogP contribution in [-0.2, 0) is 16.4 Å². The molecule has 2 aromatic heterocycles. The van der Waals surface area contributed by atoms with Crippen molar-refractivity contribution in [1.82, 2.24) is 19.7 Å². The quantitative estimate of drug-likeness (QED) is 0.339. The van der Waals surface area contributed by atoms with E-state index >= 15 is 0 Å². The van der Waals surface area contributed by atoms with E-state index in [9.17, 15) is 12.8 Å². The average Bonchev–Trinajstić information content (AvgIpc) is 3.31. The minimum atomic E-state index is -4.09. The number of hydrogen-bond acceptors (Lipinski definition) is 8. The van der Waals surface area contributed by atoms with Gasteiger partial charge in [0.1, 0.15) is 23.0 Å². The monoisotopic (exact) mass is 536 g/mol. The molecule has 0 saturated heterocycles. The third-order valence-electron chi connectivity index (χ3n) is 5.87. The van der Waals surface area contributed by atoms with Crippen molar-refractivity contribution in [1.29, 1.82) is 5.26 Å². The van der Waals surface area contributed by atoms with E-state index in [4.69, 9.17) is 14.7 Å². The van der Waals surface area contributed by atoms with E-state index in [1.165, 1.54) is 37.8 Å². The number of ether oxygens (including phenoxy) is 2. The lowest BCUT2D eigenvalue weighted by molar-refractivity contribution is 0.391. The summed E-state index contributed by atoms with van der Waals surface area (Å²) in [4.78, 5) is 4.22. The van der Waals surface area contributed by atoms with Crippen LogP contribution in [0.4, 0.5) is 10.3 Å². The van der Waals surface area contributed by atoms with E-state index in [-0.39, 0.29) is 23.5 Å². The summed E-state index contributed by atoms with van der Waals surface area (Å²) in [6.45, 7) is 3.32. The molecule has 10 nitrogen and oxygen atoms in total. The molecule has 0 fully saturated rings. The SMILES string of the molecule is COc1cccc(OC)c1-n1c(NS(=O)(=O)[C@H](C)Cc2ccc(C#N)cc2F)nnc1-c1cncc(C)c1. The molecule has 1 atom stereocenters. The number of rotatable bonds is 9. The fourth-order valence-corrected chi connectivity index (χ4v) is 4.89. The minimum Gasteiger partial charge on any atom is -0.494 e. The maximum Gasteiger partial charge on any atom is 0.243 e. The van der Waals surface area contributed by atoms with Gasteiger partial charge in [-0.1, -0.05) is 12.1 Å². The lowest BCUT2D eigenvalue weighted by atomic mass is 10.1. The molecule has 12 heteroatoms. The van der Waals surface area contributed by atoms with Gasteiger partial charge in [0.05, 0.1) is 31.1 Å². The molecular weight excluding hydrogens is 511 g/mol. The van der Waals surface area contributed by atoms with Crippen LogP contribution < -0.4 is 14.2 Å². The molecule has 0 bridgehead atoms. The Morgan fingerprint density at radius 1 is 1.11 bits per heavy atom. The van der Waals surface area contributed by atoms with Crippen LogP contribution >= 0.6 is 0 Å². The number of nitrogens with zero attached hydrogens (tertiary/aromatic N) is 5.